The van der Waals surface area contributed by atoms with Crippen LogP contribution in [0.15, 0.2) is 0 Å². The Hall–Kier alpha value is -0.120. The van der Waals surface area contributed by atoms with E-state index in [9.17, 15) is 0 Å². The molecule has 0 spiro atoms. The Labute approximate surface area is 87.1 Å². The molecule has 0 aliphatic carbocycles. The monoisotopic (exact) mass is 201 g/mol. The summed E-state index contributed by atoms with van der Waals surface area (Å²) in [5.74, 6) is 0. The van der Waals surface area contributed by atoms with Crippen LogP contribution < -0.4 is 0 Å². The minimum absolute atomic E-state index is 0.326. The van der Waals surface area contributed by atoms with Crippen LogP contribution in [0.4, 0.5) is 0 Å². The van der Waals surface area contributed by atoms with Crippen LogP contribution in [0.1, 0.15) is 32.6 Å². The highest BCUT2D eigenvalue weighted by Gasteiger charge is 2.27. The second-order valence-corrected chi connectivity index (χ2v) is 4.20. The summed E-state index contributed by atoms with van der Waals surface area (Å²) in [5.41, 5.74) is 0. The second kappa shape index (κ2) is 6.38. The first kappa shape index (κ1) is 12.0. The number of aliphatic hydroxyl groups is 1. The lowest BCUT2D eigenvalue weighted by Crippen LogP contribution is -2.37. The van der Waals surface area contributed by atoms with Crippen LogP contribution in [-0.2, 0) is 4.74 Å². The van der Waals surface area contributed by atoms with Gasteiger partial charge in [-0.3, -0.25) is 0 Å². The minimum Gasteiger partial charge on any atom is -0.396 e. The lowest BCUT2D eigenvalue weighted by atomic mass is 10.1. The van der Waals surface area contributed by atoms with Gasteiger partial charge in [-0.15, -0.1) is 0 Å². The van der Waals surface area contributed by atoms with Gasteiger partial charge in [-0.2, -0.15) is 0 Å². The maximum Gasteiger partial charge on any atom is 0.0702 e. The first-order chi connectivity index (χ1) is 6.75. The molecule has 1 fully saturated rings. The van der Waals surface area contributed by atoms with Gasteiger partial charge in [0.25, 0.3) is 0 Å². The Balaban J connectivity index is 2.11. The van der Waals surface area contributed by atoms with E-state index in [4.69, 9.17) is 9.84 Å². The largest absolute Gasteiger partial charge is 0.396 e. The molecule has 3 nitrogen and oxygen atoms in total. The molecule has 0 radical (unpaired) electrons. The predicted octanol–water partition coefficient (Wildman–Crippen LogP) is 1.26. The van der Waals surface area contributed by atoms with E-state index in [-0.39, 0.29) is 0 Å². The van der Waals surface area contributed by atoms with Crippen LogP contribution in [0, 0.1) is 0 Å². The van der Waals surface area contributed by atoms with Crippen LogP contribution in [-0.4, -0.2) is 49.0 Å². The summed E-state index contributed by atoms with van der Waals surface area (Å²) in [4.78, 5) is 2.40. The fourth-order valence-electron chi connectivity index (χ4n) is 2.11. The van der Waals surface area contributed by atoms with E-state index >= 15 is 0 Å². The highest BCUT2D eigenvalue weighted by Crippen LogP contribution is 2.18. The SMILES string of the molecule is CC1OCCC1N(C)CCCCCO. The number of hydrogen-bond donors (Lipinski definition) is 1. The van der Waals surface area contributed by atoms with Crippen LogP contribution in [0.5, 0.6) is 0 Å². The van der Waals surface area contributed by atoms with E-state index in [1.807, 2.05) is 0 Å². The molecule has 1 heterocycles. The molecular formula is C11H23NO2. The predicted molar refractivity (Wildman–Crippen MR) is 57.4 cm³/mol. The minimum atomic E-state index is 0.326. The molecule has 3 heteroatoms. The molecule has 1 saturated heterocycles. The van der Waals surface area contributed by atoms with Crippen molar-refractivity contribution < 1.29 is 9.84 Å². The number of ether oxygens (including phenoxy) is 1. The Kier molecular flexibility index (Phi) is 5.45. The summed E-state index contributed by atoms with van der Waals surface area (Å²) in [6.07, 6.45) is 4.79. The lowest BCUT2D eigenvalue weighted by molar-refractivity contribution is 0.0830. The molecule has 84 valence electrons. The lowest BCUT2D eigenvalue weighted by Gasteiger charge is -2.26. The molecule has 1 rings (SSSR count). The third-order valence-corrected chi connectivity index (χ3v) is 3.07. The number of nitrogens with zero attached hydrogens (tertiary/aromatic N) is 1. The average Bonchev–Trinajstić information content (AvgIpc) is 2.59. The van der Waals surface area contributed by atoms with Gasteiger partial charge < -0.3 is 14.7 Å². The number of rotatable bonds is 6. The molecule has 0 aromatic rings. The summed E-state index contributed by atoms with van der Waals surface area (Å²) in [7, 11) is 2.18. The van der Waals surface area contributed by atoms with Crippen LogP contribution in [0.2, 0.25) is 0 Å². The average molecular weight is 201 g/mol. The van der Waals surface area contributed by atoms with Crippen molar-refractivity contribution in [2.75, 3.05) is 26.8 Å². The summed E-state index contributed by atoms with van der Waals surface area (Å²) < 4.78 is 5.53. The molecule has 0 amide bonds. The van der Waals surface area contributed by atoms with Crippen molar-refractivity contribution in [1.82, 2.24) is 4.90 Å². The molecule has 0 aromatic carbocycles. The highest BCUT2D eigenvalue weighted by molar-refractivity contribution is 4.80. The standard InChI is InChI=1S/C11H23NO2/c1-10-11(6-9-14-10)12(2)7-4-3-5-8-13/h10-11,13H,3-9H2,1-2H3. The van der Waals surface area contributed by atoms with Crippen molar-refractivity contribution in [3.8, 4) is 0 Å². The summed E-state index contributed by atoms with van der Waals surface area (Å²) >= 11 is 0. The van der Waals surface area contributed by atoms with Crippen molar-refractivity contribution in [1.29, 1.82) is 0 Å². The van der Waals surface area contributed by atoms with Gasteiger partial charge in [0.05, 0.1) is 6.10 Å². The molecule has 0 aromatic heterocycles. The molecule has 1 N–H and O–H groups in total. The maximum atomic E-state index is 8.65. The van der Waals surface area contributed by atoms with Gasteiger partial charge in [0.2, 0.25) is 0 Å². The smallest absolute Gasteiger partial charge is 0.0702 e. The molecular weight excluding hydrogens is 178 g/mol. The number of unbranched alkanes of at least 4 members (excludes halogenated alkanes) is 2. The first-order valence-corrected chi connectivity index (χ1v) is 5.68. The van der Waals surface area contributed by atoms with E-state index in [0.717, 1.165) is 32.4 Å². The molecule has 2 atom stereocenters. The molecule has 14 heavy (non-hydrogen) atoms. The topological polar surface area (TPSA) is 32.7 Å². The van der Waals surface area contributed by atoms with Crippen molar-refractivity contribution in [3.63, 3.8) is 0 Å². The first-order valence-electron chi connectivity index (χ1n) is 5.68. The Morgan fingerprint density at radius 1 is 1.36 bits per heavy atom. The van der Waals surface area contributed by atoms with Crippen molar-refractivity contribution in [3.05, 3.63) is 0 Å². The third-order valence-electron chi connectivity index (χ3n) is 3.07. The van der Waals surface area contributed by atoms with Gasteiger partial charge in [0, 0.05) is 19.3 Å². The molecule has 1 aliphatic heterocycles. The van der Waals surface area contributed by atoms with Gasteiger partial charge in [0.1, 0.15) is 0 Å². The number of aliphatic hydroxyl groups excluding tert-OH is 1. The zero-order chi connectivity index (χ0) is 10.4. The summed E-state index contributed by atoms with van der Waals surface area (Å²) in [5, 5.41) is 8.65. The normalized spacial score (nSPS) is 27.4. The van der Waals surface area contributed by atoms with E-state index in [0.29, 0.717) is 18.8 Å². The second-order valence-electron chi connectivity index (χ2n) is 4.20. The molecule has 0 saturated carbocycles. The zero-order valence-electron chi connectivity index (χ0n) is 9.41. The van der Waals surface area contributed by atoms with E-state index < -0.39 is 0 Å². The number of likely N-dealkylation sites (N-methyl/N-ethyl adjacent to an activating group) is 1. The molecule has 2 unspecified atom stereocenters. The molecule has 0 bridgehead atoms. The van der Waals surface area contributed by atoms with Crippen molar-refractivity contribution >= 4 is 0 Å². The van der Waals surface area contributed by atoms with Crippen LogP contribution in [0.25, 0.3) is 0 Å². The molecule has 1 aliphatic rings. The summed E-state index contributed by atoms with van der Waals surface area (Å²) in [6, 6.07) is 0.601. The highest BCUT2D eigenvalue weighted by atomic mass is 16.5. The van der Waals surface area contributed by atoms with E-state index in [1.165, 1.54) is 6.42 Å². The number of hydrogen-bond acceptors (Lipinski definition) is 3. The van der Waals surface area contributed by atoms with E-state index in [2.05, 4.69) is 18.9 Å². The van der Waals surface area contributed by atoms with Crippen LogP contribution >= 0.6 is 0 Å². The Morgan fingerprint density at radius 2 is 2.14 bits per heavy atom. The van der Waals surface area contributed by atoms with Gasteiger partial charge in [-0.25, -0.2) is 0 Å². The quantitative estimate of drug-likeness (QED) is 0.657. The van der Waals surface area contributed by atoms with Gasteiger partial charge in [0.15, 0.2) is 0 Å². The maximum absolute atomic E-state index is 8.65. The van der Waals surface area contributed by atoms with Crippen LogP contribution in [0.3, 0.4) is 0 Å². The third kappa shape index (κ3) is 3.56. The van der Waals surface area contributed by atoms with E-state index in [1.54, 1.807) is 0 Å². The van der Waals surface area contributed by atoms with Crippen molar-refractivity contribution in [2.24, 2.45) is 0 Å². The fraction of sp³-hybridized carbons (Fsp3) is 1.00. The summed E-state index contributed by atoms with van der Waals surface area (Å²) in [6.45, 7) is 4.51. The Morgan fingerprint density at radius 3 is 2.71 bits per heavy atom. The van der Waals surface area contributed by atoms with Gasteiger partial charge in [-0.1, -0.05) is 0 Å². The van der Waals surface area contributed by atoms with Crippen molar-refractivity contribution in [2.45, 2.75) is 44.8 Å². The fourth-order valence-corrected chi connectivity index (χ4v) is 2.11. The zero-order valence-corrected chi connectivity index (χ0v) is 9.41. The van der Waals surface area contributed by atoms with Gasteiger partial charge >= 0.3 is 0 Å². The van der Waals surface area contributed by atoms with Gasteiger partial charge in [-0.05, 0) is 46.2 Å². The Bertz CT molecular complexity index is 152.